The number of halogens is 2. The van der Waals surface area contributed by atoms with Crippen molar-refractivity contribution < 1.29 is 4.79 Å². The number of hydrogen-bond acceptors (Lipinski definition) is 2. The molecule has 2 aromatic rings. The Balaban J connectivity index is 1.70. The number of carbonyl (C=O) groups excluding carboxylic acids is 1. The largest absolute Gasteiger partial charge is 0.325 e. The van der Waals surface area contributed by atoms with Crippen LogP contribution in [0, 0.1) is 0 Å². The summed E-state index contributed by atoms with van der Waals surface area (Å²) in [4.78, 5) is 11.8. The SMILES string of the molecule is O=C(CCNCc1ccc(Cl)cc1)Nc1ccccc1Br. The molecule has 0 heterocycles. The first kappa shape index (κ1) is 16.0. The fourth-order valence-electron chi connectivity index (χ4n) is 1.81. The summed E-state index contributed by atoms with van der Waals surface area (Å²) in [7, 11) is 0. The van der Waals surface area contributed by atoms with E-state index in [-0.39, 0.29) is 5.91 Å². The third-order valence-electron chi connectivity index (χ3n) is 2.92. The normalized spacial score (nSPS) is 10.4. The van der Waals surface area contributed by atoms with E-state index in [9.17, 15) is 4.79 Å². The molecule has 0 saturated carbocycles. The summed E-state index contributed by atoms with van der Waals surface area (Å²) in [5.41, 5.74) is 1.94. The topological polar surface area (TPSA) is 41.1 Å². The highest BCUT2D eigenvalue weighted by atomic mass is 79.9. The van der Waals surface area contributed by atoms with Gasteiger partial charge in [0.1, 0.15) is 0 Å². The van der Waals surface area contributed by atoms with Crippen LogP contribution < -0.4 is 10.6 Å². The van der Waals surface area contributed by atoms with E-state index in [2.05, 4.69) is 26.6 Å². The average Bonchev–Trinajstić information content (AvgIpc) is 2.48. The molecule has 1 amide bonds. The molecule has 0 saturated heterocycles. The predicted molar refractivity (Wildman–Crippen MR) is 90.5 cm³/mol. The van der Waals surface area contributed by atoms with Crippen LogP contribution in [0.3, 0.4) is 0 Å². The van der Waals surface area contributed by atoms with Crippen LogP contribution >= 0.6 is 27.5 Å². The van der Waals surface area contributed by atoms with Crippen molar-refractivity contribution in [2.75, 3.05) is 11.9 Å². The Hall–Kier alpha value is -1.36. The minimum atomic E-state index is -0.00879. The van der Waals surface area contributed by atoms with Gasteiger partial charge in [0.15, 0.2) is 0 Å². The maximum atomic E-state index is 11.8. The van der Waals surface area contributed by atoms with Crippen molar-refractivity contribution in [1.29, 1.82) is 0 Å². The number of hydrogen-bond donors (Lipinski definition) is 2. The van der Waals surface area contributed by atoms with Gasteiger partial charge in [-0.05, 0) is 45.8 Å². The number of nitrogens with one attached hydrogen (secondary N) is 2. The fourth-order valence-corrected chi connectivity index (χ4v) is 2.32. The summed E-state index contributed by atoms with van der Waals surface area (Å²) in [6, 6.07) is 15.2. The molecule has 0 aromatic heterocycles. The maximum Gasteiger partial charge on any atom is 0.225 e. The van der Waals surface area contributed by atoms with Gasteiger partial charge in [-0.15, -0.1) is 0 Å². The van der Waals surface area contributed by atoms with E-state index < -0.39 is 0 Å². The van der Waals surface area contributed by atoms with Gasteiger partial charge in [0, 0.05) is 29.0 Å². The highest BCUT2D eigenvalue weighted by Crippen LogP contribution is 2.21. The Morgan fingerprint density at radius 2 is 1.81 bits per heavy atom. The number of benzene rings is 2. The van der Waals surface area contributed by atoms with Crippen LogP contribution in [-0.2, 0) is 11.3 Å². The van der Waals surface area contributed by atoms with E-state index in [1.165, 1.54) is 0 Å². The van der Waals surface area contributed by atoms with Crippen LogP contribution in [0.4, 0.5) is 5.69 Å². The zero-order valence-electron chi connectivity index (χ0n) is 11.4. The molecule has 5 heteroatoms. The molecule has 110 valence electrons. The Morgan fingerprint density at radius 1 is 1.10 bits per heavy atom. The third-order valence-corrected chi connectivity index (χ3v) is 3.86. The number of rotatable bonds is 6. The van der Waals surface area contributed by atoms with Gasteiger partial charge in [0.2, 0.25) is 5.91 Å². The fraction of sp³-hybridized carbons (Fsp3) is 0.188. The number of carbonyl (C=O) groups is 1. The van der Waals surface area contributed by atoms with Gasteiger partial charge in [-0.1, -0.05) is 35.9 Å². The zero-order chi connectivity index (χ0) is 15.1. The Kier molecular flexibility index (Phi) is 6.23. The molecule has 0 fully saturated rings. The molecule has 0 radical (unpaired) electrons. The molecule has 21 heavy (non-hydrogen) atoms. The second-order valence-electron chi connectivity index (χ2n) is 4.58. The van der Waals surface area contributed by atoms with Crippen LogP contribution in [0.25, 0.3) is 0 Å². The van der Waals surface area contributed by atoms with Crippen LogP contribution in [0.1, 0.15) is 12.0 Å². The smallest absolute Gasteiger partial charge is 0.225 e. The highest BCUT2D eigenvalue weighted by molar-refractivity contribution is 9.10. The molecule has 0 atom stereocenters. The molecule has 0 spiro atoms. The van der Waals surface area contributed by atoms with Crippen molar-refractivity contribution in [3.8, 4) is 0 Å². The summed E-state index contributed by atoms with van der Waals surface area (Å²) >= 11 is 9.23. The van der Waals surface area contributed by atoms with Crippen molar-refractivity contribution in [3.63, 3.8) is 0 Å². The average molecular weight is 368 g/mol. The molecule has 0 bridgehead atoms. The van der Waals surface area contributed by atoms with Crippen molar-refractivity contribution >= 4 is 39.1 Å². The molecule has 2 N–H and O–H groups in total. The van der Waals surface area contributed by atoms with Crippen LogP contribution in [0.15, 0.2) is 53.0 Å². The van der Waals surface area contributed by atoms with Gasteiger partial charge in [0.05, 0.1) is 5.69 Å². The number of anilines is 1. The van der Waals surface area contributed by atoms with Crippen molar-refractivity contribution in [2.45, 2.75) is 13.0 Å². The van der Waals surface area contributed by atoms with Gasteiger partial charge >= 0.3 is 0 Å². The highest BCUT2D eigenvalue weighted by Gasteiger charge is 2.04. The predicted octanol–water partition coefficient (Wildman–Crippen LogP) is 4.22. The summed E-state index contributed by atoms with van der Waals surface area (Å²) in [5, 5.41) is 6.84. The molecule has 0 aliphatic carbocycles. The first-order valence-corrected chi connectivity index (χ1v) is 7.82. The molecule has 0 aliphatic heterocycles. The second kappa shape index (κ2) is 8.17. The zero-order valence-corrected chi connectivity index (χ0v) is 13.7. The lowest BCUT2D eigenvalue weighted by molar-refractivity contribution is -0.116. The quantitative estimate of drug-likeness (QED) is 0.751. The summed E-state index contributed by atoms with van der Waals surface area (Å²) in [6.45, 7) is 1.35. The molecule has 2 rings (SSSR count). The Morgan fingerprint density at radius 3 is 2.52 bits per heavy atom. The van der Waals surface area contributed by atoms with Crippen molar-refractivity contribution in [2.24, 2.45) is 0 Å². The molecular formula is C16H16BrClN2O. The molecule has 0 aliphatic rings. The van der Waals surface area contributed by atoms with Crippen LogP contribution in [0.5, 0.6) is 0 Å². The van der Waals surface area contributed by atoms with E-state index in [1.807, 2.05) is 48.5 Å². The van der Waals surface area contributed by atoms with Crippen LogP contribution in [0.2, 0.25) is 5.02 Å². The lowest BCUT2D eigenvalue weighted by atomic mass is 10.2. The number of para-hydroxylation sites is 1. The third kappa shape index (κ3) is 5.50. The monoisotopic (exact) mass is 366 g/mol. The Bertz CT molecular complexity index is 601. The van der Waals surface area contributed by atoms with Crippen molar-refractivity contribution in [1.82, 2.24) is 5.32 Å². The van der Waals surface area contributed by atoms with Gasteiger partial charge < -0.3 is 10.6 Å². The second-order valence-corrected chi connectivity index (χ2v) is 5.87. The standard InChI is InChI=1S/C16H16BrClN2O/c17-14-3-1-2-4-15(14)20-16(21)9-10-19-11-12-5-7-13(18)8-6-12/h1-8,19H,9-11H2,(H,20,21). The van der Waals surface area contributed by atoms with Gasteiger partial charge in [-0.3, -0.25) is 4.79 Å². The van der Waals surface area contributed by atoms with Gasteiger partial charge in [-0.25, -0.2) is 0 Å². The maximum absolute atomic E-state index is 11.8. The molecule has 3 nitrogen and oxygen atoms in total. The first-order chi connectivity index (χ1) is 10.1. The minimum absolute atomic E-state index is 0.00879. The van der Waals surface area contributed by atoms with Crippen LogP contribution in [-0.4, -0.2) is 12.5 Å². The molecular weight excluding hydrogens is 352 g/mol. The summed E-state index contributed by atoms with van der Waals surface area (Å²) in [5.74, 6) is -0.00879. The lowest BCUT2D eigenvalue weighted by Gasteiger charge is -2.08. The van der Waals surface area contributed by atoms with E-state index >= 15 is 0 Å². The Labute approximate surface area is 137 Å². The summed E-state index contributed by atoms with van der Waals surface area (Å²) in [6.07, 6.45) is 0.426. The van der Waals surface area contributed by atoms with E-state index in [0.29, 0.717) is 13.0 Å². The lowest BCUT2D eigenvalue weighted by Crippen LogP contribution is -2.21. The van der Waals surface area contributed by atoms with E-state index in [4.69, 9.17) is 11.6 Å². The van der Waals surface area contributed by atoms with E-state index in [1.54, 1.807) is 0 Å². The van der Waals surface area contributed by atoms with E-state index in [0.717, 1.165) is 27.3 Å². The summed E-state index contributed by atoms with van der Waals surface area (Å²) < 4.78 is 0.882. The molecule has 0 unspecified atom stereocenters. The van der Waals surface area contributed by atoms with Gasteiger partial charge in [0.25, 0.3) is 0 Å². The molecule has 2 aromatic carbocycles. The van der Waals surface area contributed by atoms with Crippen molar-refractivity contribution in [3.05, 3.63) is 63.6 Å². The minimum Gasteiger partial charge on any atom is -0.325 e. The number of amides is 1. The first-order valence-electron chi connectivity index (χ1n) is 6.65. The van der Waals surface area contributed by atoms with Gasteiger partial charge in [-0.2, -0.15) is 0 Å².